The quantitative estimate of drug-likeness (QED) is 0.198. The lowest BCUT2D eigenvalue weighted by molar-refractivity contribution is -0.202. The average Bonchev–Trinajstić information content (AvgIpc) is 3.84. The predicted octanol–water partition coefficient (Wildman–Crippen LogP) is 6.57. The number of carbonyl (C=O) groups excluding carboxylic acids is 2. The third-order valence-electron chi connectivity index (χ3n) is 7.94. The molecule has 5 rings (SSSR count). The van der Waals surface area contributed by atoms with Gasteiger partial charge in [0.05, 0.1) is 20.1 Å². The molecular formula is C32H33F3N2O5. The van der Waals surface area contributed by atoms with Crippen LogP contribution in [-0.4, -0.2) is 49.9 Å². The highest BCUT2D eigenvalue weighted by Gasteiger charge is 2.43. The van der Waals surface area contributed by atoms with Crippen LogP contribution in [0.5, 0.6) is 11.5 Å². The number of pyridine rings is 1. The fraction of sp³-hybridized carbons (Fsp3) is 0.406. The third kappa shape index (κ3) is 7.40. The van der Waals surface area contributed by atoms with Crippen molar-refractivity contribution in [2.24, 2.45) is 11.8 Å². The molecular weight excluding hydrogens is 549 g/mol. The number of halogens is 3. The maximum atomic E-state index is 12.5. The maximum absolute atomic E-state index is 12.5. The number of piperidine rings is 1. The van der Waals surface area contributed by atoms with E-state index < -0.39 is 18.1 Å². The predicted molar refractivity (Wildman–Crippen MR) is 150 cm³/mol. The number of benzene rings is 2. The van der Waals surface area contributed by atoms with Gasteiger partial charge in [0.2, 0.25) is 0 Å². The first-order valence-corrected chi connectivity index (χ1v) is 14.1. The number of aromatic nitrogens is 1. The van der Waals surface area contributed by atoms with Gasteiger partial charge in [0.1, 0.15) is 11.5 Å². The van der Waals surface area contributed by atoms with E-state index in [0.717, 1.165) is 66.9 Å². The van der Waals surface area contributed by atoms with Crippen LogP contribution >= 0.6 is 0 Å². The number of esters is 2. The molecule has 0 bridgehead atoms. The van der Waals surface area contributed by atoms with Crippen molar-refractivity contribution in [2.45, 2.75) is 44.2 Å². The Morgan fingerprint density at radius 2 is 1.71 bits per heavy atom. The second-order valence-electron chi connectivity index (χ2n) is 10.8. The SMILES string of the molecule is COc1ccc(-c2ccncc2)c(N2CCC(COc3cccc([C@@H](CC(=O)OC(=O)C(F)(F)F)C4CC4)c3)CC2)c1. The molecule has 2 aromatic carbocycles. The first kappa shape index (κ1) is 29.4. The highest BCUT2D eigenvalue weighted by atomic mass is 19.4. The minimum Gasteiger partial charge on any atom is -0.497 e. The van der Waals surface area contributed by atoms with E-state index in [1.165, 1.54) is 0 Å². The lowest BCUT2D eigenvalue weighted by Gasteiger charge is -2.35. The number of methoxy groups -OCH3 is 1. The molecule has 7 nitrogen and oxygen atoms in total. The molecule has 1 atom stereocenters. The van der Waals surface area contributed by atoms with Crippen molar-refractivity contribution in [3.05, 3.63) is 72.6 Å². The lowest BCUT2D eigenvalue weighted by atomic mass is 9.91. The van der Waals surface area contributed by atoms with Crippen LogP contribution in [0.4, 0.5) is 18.9 Å². The molecule has 3 aromatic rings. The number of hydrogen-bond acceptors (Lipinski definition) is 7. The Bertz CT molecular complexity index is 1390. The van der Waals surface area contributed by atoms with Gasteiger partial charge in [-0.25, -0.2) is 4.79 Å². The number of ether oxygens (including phenoxy) is 3. The zero-order valence-corrected chi connectivity index (χ0v) is 23.3. The van der Waals surface area contributed by atoms with Crippen LogP contribution in [0.1, 0.15) is 43.6 Å². The van der Waals surface area contributed by atoms with Gasteiger partial charge in [0.15, 0.2) is 0 Å². The molecule has 1 aromatic heterocycles. The monoisotopic (exact) mass is 582 g/mol. The van der Waals surface area contributed by atoms with E-state index in [1.807, 2.05) is 42.5 Å². The molecule has 0 amide bonds. The summed E-state index contributed by atoms with van der Waals surface area (Å²) in [4.78, 5) is 29.7. The molecule has 1 aliphatic carbocycles. The van der Waals surface area contributed by atoms with Gasteiger partial charge in [-0.05, 0) is 91.0 Å². The van der Waals surface area contributed by atoms with Crippen LogP contribution in [-0.2, 0) is 14.3 Å². The molecule has 222 valence electrons. The summed E-state index contributed by atoms with van der Waals surface area (Å²) in [7, 11) is 1.66. The third-order valence-corrected chi connectivity index (χ3v) is 7.94. The van der Waals surface area contributed by atoms with Crippen LogP contribution < -0.4 is 14.4 Å². The number of nitrogens with zero attached hydrogens (tertiary/aromatic N) is 2. The van der Waals surface area contributed by atoms with Crippen LogP contribution in [0.15, 0.2) is 67.0 Å². The van der Waals surface area contributed by atoms with Gasteiger partial charge in [-0.2, -0.15) is 13.2 Å². The van der Waals surface area contributed by atoms with E-state index in [4.69, 9.17) is 9.47 Å². The largest absolute Gasteiger partial charge is 0.497 e. The Labute approximate surface area is 242 Å². The van der Waals surface area contributed by atoms with Gasteiger partial charge in [-0.1, -0.05) is 12.1 Å². The van der Waals surface area contributed by atoms with Crippen molar-refractivity contribution >= 4 is 17.6 Å². The molecule has 1 aliphatic heterocycles. The molecule has 0 N–H and O–H groups in total. The summed E-state index contributed by atoms with van der Waals surface area (Å²) in [5.74, 6) is -2.02. The summed E-state index contributed by atoms with van der Waals surface area (Å²) in [5.41, 5.74) is 4.14. The fourth-order valence-corrected chi connectivity index (χ4v) is 5.50. The Hall–Kier alpha value is -4.08. The minimum absolute atomic E-state index is 0.159. The Morgan fingerprint density at radius 3 is 2.38 bits per heavy atom. The standard InChI is InChI=1S/C32H33F3N2O5/c1-40-25-7-8-27(23-9-13-36-14-10-23)29(18-25)37-15-11-21(12-16-37)20-41-26-4-2-3-24(17-26)28(22-5-6-22)19-30(38)42-31(39)32(33,34)35/h2-4,7-10,13-14,17-18,21-22,28H,5-6,11-12,15-16,19-20H2,1H3/t28-/m0/s1. The highest BCUT2D eigenvalue weighted by Crippen LogP contribution is 2.45. The molecule has 0 spiro atoms. The smallest absolute Gasteiger partial charge is 0.491 e. The zero-order chi connectivity index (χ0) is 29.7. The van der Waals surface area contributed by atoms with E-state index in [2.05, 4.69) is 26.8 Å². The van der Waals surface area contributed by atoms with Gasteiger partial charge in [-0.3, -0.25) is 9.78 Å². The van der Waals surface area contributed by atoms with E-state index in [9.17, 15) is 22.8 Å². The van der Waals surface area contributed by atoms with E-state index in [1.54, 1.807) is 19.5 Å². The summed E-state index contributed by atoms with van der Waals surface area (Å²) in [6.45, 7) is 2.26. The summed E-state index contributed by atoms with van der Waals surface area (Å²) < 4.78 is 53.2. The van der Waals surface area contributed by atoms with E-state index in [0.29, 0.717) is 18.3 Å². The second kappa shape index (κ2) is 12.8. The van der Waals surface area contributed by atoms with Crippen molar-refractivity contribution in [3.63, 3.8) is 0 Å². The van der Waals surface area contributed by atoms with Crippen LogP contribution in [0, 0.1) is 11.8 Å². The molecule has 10 heteroatoms. The molecule has 42 heavy (non-hydrogen) atoms. The summed E-state index contributed by atoms with van der Waals surface area (Å²) in [6, 6.07) is 17.4. The summed E-state index contributed by atoms with van der Waals surface area (Å²) in [6.07, 6.45) is 1.69. The first-order chi connectivity index (χ1) is 20.2. The topological polar surface area (TPSA) is 78.0 Å². The minimum atomic E-state index is -5.20. The van der Waals surface area contributed by atoms with Crippen molar-refractivity contribution in [2.75, 3.05) is 31.7 Å². The molecule has 1 saturated heterocycles. The molecule has 0 unspecified atom stereocenters. The average molecular weight is 583 g/mol. The number of hydrogen-bond donors (Lipinski definition) is 0. The summed E-state index contributed by atoms with van der Waals surface area (Å²) in [5, 5.41) is 0. The van der Waals surface area contributed by atoms with Crippen molar-refractivity contribution < 1.29 is 37.0 Å². The van der Waals surface area contributed by atoms with E-state index >= 15 is 0 Å². The number of alkyl halides is 3. The van der Waals surface area contributed by atoms with Crippen molar-refractivity contribution in [1.82, 2.24) is 4.98 Å². The normalized spacial score (nSPS) is 16.5. The molecule has 2 aliphatic rings. The van der Waals surface area contributed by atoms with Crippen LogP contribution in [0.2, 0.25) is 0 Å². The molecule has 2 heterocycles. The molecule has 0 radical (unpaired) electrons. The summed E-state index contributed by atoms with van der Waals surface area (Å²) >= 11 is 0. The van der Waals surface area contributed by atoms with Crippen molar-refractivity contribution in [1.29, 1.82) is 0 Å². The number of rotatable bonds is 10. The number of carbonyl (C=O) groups is 2. The van der Waals surface area contributed by atoms with Gasteiger partial charge in [-0.15, -0.1) is 0 Å². The zero-order valence-electron chi connectivity index (χ0n) is 23.3. The van der Waals surface area contributed by atoms with Gasteiger partial charge >= 0.3 is 18.1 Å². The Kier molecular flexibility index (Phi) is 8.99. The second-order valence-corrected chi connectivity index (χ2v) is 10.8. The van der Waals surface area contributed by atoms with Gasteiger partial charge in [0, 0.05) is 42.8 Å². The maximum Gasteiger partial charge on any atom is 0.491 e. The first-order valence-electron chi connectivity index (χ1n) is 14.1. The van der Waals surface area contributed by atoms with Gasteiger partial charge in [0.25, 0.3) is 0 Å². The molecule has 1 saturated carbocycles. The number of anilines is 1. The highest BCUT2D eigenvalue weighted by molar-refractivity contribution is 5.88. The van der Waals surface area contributed by atoms with E-state index in [-0.39, 0.29) is 18.3 Å². The lowest BCUT2D eigenvalue weighted by Crippen LogP contribution is -2.35. The van der Waals surface area contributed by atoms with Crippen LogP contribution in [0.3, 0.4) is 0 Å². The Balaban J connectivity index is 1.18. The molecule has 2 fully saturated rings. The van der Waals surface area contributed by atoms with Crippen molar-refractivity contribution in [3.8, 4) is 22.6 Å². The van der Waals surface area contributed by atoms with Crippen LogP contribution in [0.25, 0.3) is 11.1 Å². The Morgan fingerprint density at radius 1 is 0.976 bits per heavy atom. The van der Waals surface area contributed by atoms with Gasteiger partial charge < -0.3 is 19.1 Å². The fourth-order valence-electron chi connectivity index (χ4n) is 5.50.